The van der Waals surface area contributed by atoms with Gasteiger partial charge in [-0.1, -0.05) is 36.4 Å². The van der Waals surface area contributed by atoms with Gasteiger partial charge in [0.25, 0.3) is 0 Å². The molecule has 3 rings (SSSR count). The highest BCUT2D eigenvalue weighted by Crippen LogP contribution is 2.36. The van der Waals surface area contributed by atoms with Gasteiger partial charge in [0.15, 0.2) is 0 Å². The Bertz CT molecular complexity index is 595. The average molecular weight is 255 g/mol. The summed E-state index contributed by atoms with van der Waals surface area (Å²) < 4.78 is 5.74. The van der Waals surface area contributed by atoms with Crippen LogP contribution in [0.25, 0.3) is 0 Å². The summed E-state index contributed by atoms with van der Waals surface area (Å²) in [5.74, 6) is 0.824. The van der Waals surface area contributed by atoms with Gasteiger partial charge in [0.2, 0.25) is 0 Å². The number of aliphatic hydroxyl groups is 1. The van der Waals surface area contributed by atoms with Gasteiger partial charge < -0.3 is 15.6 Å². The first-order chi connectivity index (χ1) is 9.27. The molecule has 0 fully saturated rings. The van der Waals surface area contributed by atoms with E-state index < -0.39 is 6.10 Å². The predicted molar refractivity (Wildman–Crippen MR) is 75.2 cm³/mol. The number of benzene rings is 2. The van der Waals surface area contributed by atoms with Crippen LogP contribution < -0.4 is 10.5 Å². The van der Waals surface area contributed by atoms with Crippen molar-refractivity contribution in [2.75, 3.05) is 12.3 Å². The molecule has 0 saturated heterocycles. The predicted octanol–water partition coefficient (Wildman–Crippen LogP) is 2.68. The third-order valence-electron chi connectivity index (χ3n) is 3.55. The number of hydrogen-bond acceptors (Lipinski definition) is 3. The molecule has 0 spiro atoms. The number of rotatable bonds is 2. The third-order valence-corrected chi connectivity index (χ3v) is 3.55. The van der Waals surface area contributed by atoms with Crippen molar-refractivity contribution in [3.63, 3.8) is 0 Å². The van der Waals surface area contributed by atoms with Crippen LogP contribution in [-0.2, 0) is 6.42 Å². The lowest BCUT2D eigenvalue weighted by molar-refractivity contribution is 0.207. The van der Waals surface area contributed by atoms with Crippen LogP contribution in [0.2, 0.25) is 0 Å². The first-order valence-corrected chi connectivity index (χ1v) is 6.54. The number of fused-ring (bicyclic) bond motifs is 1. The lowest BCUT2D eigenvalue weighted by Crippen LogP contribution is -2.13. The van der Waals surface area contributed by atoms with E-state index in [1.165, 1.54) is 0 Å². The monoisotopic (exact) mass is 255 g/mol. The Balaban J connectivity index is 2.05. The summed E-state index contributed by atoms with van der Waals surface area (Å²) >= 11 is 0. The van der Waals surface area contributed by atoms with E-state index >= 15 is 0 Å². The molecule has 0 radical (unpaired) electrons. The van der Waals surface area contributed by atoms with Crippen LogP contribution in [0.5, 0.6) is 5.75 Å². The Morgan fingerprint density at radius 2 is 1.84 bits per heavy atom. The topological polar surface area (TPSA) is 55.5 Å². The van der Waals surface area contributed by atoms with Crippen molar-refractivity contribution >= 4 is 5.69 Å². The minimum atomic E-state index is -0.741. The Labute approximate surface area is 112 Å². The van der Waals surface area contributed by atoms with Gasteiger partial charge in [0, 0.05) is 16.8 Å². The van der Waals surface area contributed by atoms with Crippen molar-refractivity contribution in [2.24, 2.45) is 0 Å². The van der Waals surface area contributed by atoms with Gasteiger partial charge in [0.05, 0.1) is 6.61 Å². The molecule has 3 N–H and O–H groups in total. The van der Waals surface area contributed by atoms with Gasteiger partial charge in [-0.05, 0) is 24.5 Å². The number of para-hydroxylation sites is 2. The molecule has 1 unspecified atom stereocenters. The van der Waals surface area contributed by atoms with Gasteiger partial charge in [-0.15, -0.1) is 0 Å². The van der Waals surface area contributed by atoms with Gasteiger partial charge in [-0.3, -0.25) is 0 Å². The lowest BCUT2D eigenvalue weighted by atomic mass is 9.95. The number of anilines is 1. The molecule has 2 aromatic rings. The van der Waals surface area contributed by atoms with Crippen molar-refractivity contribution in [2.45, 2.75) is 18.9 Å². The van der Waals surface area contributed by atoms with E-state index in [1.54, 1.807) is 6.07 Å². The highest BCUT2D eigenvalue weighted by Gasteiger charge is 2.21. The number of hydrogen-bond donors (Lipinski definition) is 2. The second kappa shape index (κ2) is 4.94. The summed E-state index contributed by atoms with van der Waals surface area (Å²) in [6.07, 6.45) is 1.29. The zero-order chi connectivity index (χ0) is 13.2. The van der Waals surface area contributed by atoms with E-state index in [9.17, 15) is 5.11 Å². The minimum Gasteiger partial charge on any atom is -0.493 e. The molecule has 1 heterocycles. The van der Waals surface area contributed by atoms with Crippen LogP contribution in [0.1, 0.15) is 29.2 Å². The molecule has 0 saturated carbocycles. The number of ether oxygens (including phenoxy) is 1. The van der Waals surface area contributed by atoms with E-state index in [-0.39, 0.29) is 0 Å². The minimum absolute atomic E-state index is 0.600. The maximum atomic E-state index is 10.6. The highest BCUT2D eigenvalue weighted by molar-refractivity contribution is 5.54. The van der Waals surface area contributed by atoms with Crippen LogP contribution >= 0.6 is 0 Å². The van der Waals surface area contributed by atoms with Gasteiger partial charge in [0.1, 0.15) is 11.9 Å². The fourth-order valence-corrected chi connectivity index (χ4v) is 2.56. The molecule has 0 amide bonds. The Hall–Kier alpha value is -2.00. The summed E-state index contributed by atoms with van der Waals surface area (Å²) in [6, 6.07) is 13.3. The largest absolute Gasteiger partial charge is 0.493 e. The first kappa shape index (κ1) is 12.1. The molecular weight excluding hydrogens is 238 g/mol. The van der Waals surface area contributed by atoms with E-state index in [2.05, 4.69) is 6.07 Å². The van der Waals surface area contributed by atoms with Crippen LogP contribution in [0.3, 0.4) is 0 Å². The van der Waals surface area contributed by atoms with Crippen molar-refractivity contribution in [3.05, 3.63) is 59.2 Å². The molecule has 98 valence electrons. The van der Waals surface area contributed by atoms with Gasteiger partial charge >= 0.3 is 0 Å². The summed E-state index contributed by atoms with van der Waals surface area (Å²) in [7, 11) is 0. The third kappa shape index (κ3) is 2.17. The fourth-order valence-electron chi connectivity index (χ4n) is 2.56. The first-order valence-electron chi connectivity index (χ1n) is 6.54. The molecule has 0 bridgehead atoms. The van der Waals surface area contributed by atoms with E-state index in [0.29, 0.717) is 12.3 Å². The molecule has 1 aliphatic heterocycles. The van der Waals surface area contributed by atoms with Crippen LogP contribution in [-0.4, -0.2) is 11.7 Å². The number of aryl methyl sites for hydroxylation is 1. The second-order valence-corrected chi connectivity index (χ2v) is 4.82. The molecule has 0 aromatic heterocycles. The lowest BCUT2D eigenvalue weighted by Gasteiger charge is -2.23. The van der Waals surface area contributed by atoms with Crippen molar-refractivity contribution in [3.8, 4) is 5.75 Å². The van der Waals surface area contributed by atoms with Crippen LogP contribution in [0, 0.1) is 0 Å². The Morgan fingerprint density at radius 1 is 1.05 bits per heavy atom. The standard InChI is InChI=1S/C16H17NO2/c17-14-9-2-1-7-12(14)15(18)13-8-3-5-11-6-4-10-19-16(11)13/h1-3,5,7-9,15,18H,4,6,10,17H2. The number of nitrogens with two attached hydrogens (primary N) is 1. The molecule has 3 nitrogen and oxygen atoms in total. The van der Waals surface area contributed by atoms with Crippen molar-refractivity contribution in [1.82, 2.24) is 0 Å². The molecule has 3 heteroatoms. The summed E-state index contributed by atoms with van der Waals surface area (Å²) in [6.45, 7) is 0.709. The maximum Gasteiger partial charge on any atom is 0.128 e. The van der Waals surface area contributed by atoms with Crippen molar-refractivity contribution < 1.29 is 9.84 Å². The second-order valence-electron chi connectivity index (χ2n) is 4.82. The van der Waals surface area contributed by atoms with E-state index in [4.69, 9.17) is 10.5 Å². The normalized spacial score (nSPS) is 15.4. The molecule has 2 aromatic carbocycles. The zero-order valence-electron chi connectivity index (χ0n) is 10.7. The van der Waals surface area contributed by atoms with Crippen LogP contribution in [0.15, 0.2) is 42.5 Å². The number of nitrogen functional groups attached to an aromatic ring is 1. The molecule has 0 aliphatic carbocycles. The fraction of sp³-hybridized carbons (Fsp3) is 0.250. The van der Waals surface area contributed by atoms with Gasteiger partial charge in [-0.2, -0.15) is 0 Å². The molecule has 1 aliphatic rings. The molecule has 19 heavy (non-hydrogen) atoms. The van der Waals surface area contributed by atoms with Gasteiger partial charge in [-0.25, -0.2) is 0 Å². The van der Waals surface area contributed by atoms with Crippen LogP contribution in [0.4, 0.5) is 5.69 Å². The molecule has 1 atom stereocenters. The maximum absolute atomic E-state index is 10.6. The average Bonchev–Trinajstić information content (AvgIpc) is 2.46. The SMILES string of the molecule is Nc1ccccc1C(O)c1cccc2c1OCCC2. The quantitative estimate of drug-likeness (QED) is 0.811. The zero-order valence-corrected chi connectivity index (χ0v) is 10.7. The number of aliphatic hydroxyl groups excluding tert-OH is 1. The Morgan fingerprint density at radius 3 is 2.68 bits per heavy atom. The molecular formula is C16H17NO2. The van der Waals surface area contributed by atoms with E-state index in [1.807, 2.05) is 30.3 Å². The smallest absolute Gasteiger partial charge is 0.128 e. The summed E-state index contributed by atoms with van der Waals surface area (Å²) in [5.41, 5.74) is 9.23. The summed E-state index contributed by atoms with van der Waals surface area (Å²) in [4.78, 5) is 0. The van der Waals surface area contributed by atoms with E-state index in [0.717, 1.165) is 35.3 Å². The Kier molecular flexibility index (Phi) is 3.13. The van der Waals surface area contributed by atoms with Crippen molar-refractivity contribution in [1.29, 1.82) is 0 Å². The highest BCUT2D eigenvalue weighted by atomic mass is 16.5. The summed E-state index contributed by atoms with van der Waals surface area (Å²) in [5, 5.41) is 10.6.